The average Bonchev–Trinajstić information content (AvgIpc) is 2.33. The van der Waals surface area contributed by atoms with Crippen molar-refractivity contribution >= 4 is 24.0 Å². The molecule has 1 rings (SSSR count). The largest absolute Gasteiger partial charge is 0.322 e. The number of rotatable bonds is 4. The maximum absolute atomic E-state index is 13.3. The van der Waals surface area contributed by atoms with Crippen molar-refractivity contribution in [1.29, 1.82) is 0 Å². The number of benzene rings is 1. The zero-order chi connectivity index (χ0) is 13.9. The van der Waals surface area contributed by atoms with Gasteiger partial charge in [-0.3, -0.25) is 4.79 Å². The third kappa shape index (κ3) is 4.40. The van der Waals surface area contributed by atoms with E-state index >= 15 is 0 Å². The van der Waals surface area contributed by atoms with Gasteiger partial charge in [0.2, 0.25) is 5.91 Å². The molecule has 0 bridgehead atoms. The second-order valence-corrected chi connectivity index (χ2v) is 4.15. The summed E-state index contributed by atoms with van der Waals surface area (Å²) in [7, 11) is 0. The van der Waals surface area contributed by atoms with Crippen molar-refractivity contribution in [3.05, 3.63) is 29.6 Å². The second-order valence-electron chi connectivity index (χ2n) is 4.15. The van der Waals surface area contributed by atoms with Crippen molar-refractivity contribution in [2.75, 3.05) is 5.32 Å². The van der Waals surface area contributed by atoms with E-state index in [9.17, 15) is 18.0 Å². The topological polar surface area (TPSA) is 55.1 Å². The van der Waals surface area contributed by atoms with Crippen LogP contribution in [-0.2, 0) is 4.79 Å². The van der Waals surface area contributed by atoms with E-state index in [1.807, 2.05) is 6.92 Å². The van der Waals surface area contributed by atoms with Gasteiger partial charge in [0.15, 0.2) is 11.6 Å². The van der Waals surface area contributed by atoms with Crippen molar-refractivity contribution in [1.82, 2.24) is 0 Å². The normalized spacial score (nSPS) is 13.4. The number of hydrogen-bond donors (Lipinski definition) is 2. The molecule has 7 heteroatoms. The Bertz CT molecular complexity index is 457. The first-order valence-electron chi connectivity index (χ1n) is 5.57. The first kappa shape index (κ1) is 17.7. The minimum absolute atomic E-state index is 0. The molecular formula is C12H16ClF3N2O. The number of carbonyl (C=O) groups is 1. The van der Waals surface area contributed by atoms with Gasteiger partial charge in [-0.15, -0.1) is 12.4 Å². The lowest BCUT2D eigenvalue weighted by Gasteiger charge is -2.18. The molecule has 0 aliphatic carbocycles. The molecule has 1 aromatic rings. The summed E-state index contributed by atoms with van der Waals surface area (Å²) in [4.78, 5) is 11.6. The van der Waals surface area contributed by atoms with E-state index in [2.05, 4.69) is 5.32 Å². The van der Waals surface area contributed by atoms with E-state index in [1.165, 1.54) is 0 Å². The van der Waals surface area contributed by atoms with Crippen LogP contribution in [0.1, 0.15) is 20.3 Å². The second kappa shape index (κ2) is 7.35. The summed E-state index contributed by atoms with van der Waals surface area (Å²) in [5.41, 5.74) is 5.22. The number of anilines is 1. The number of carbonyl (C=O) groups excluding carboxylic acids is 1. The molecular weight excluding hydrogens is 281 g/mol. The number of nitrogens with one attached hydrogen (secondary N) is 1. The Kier molecular flexibility index (Phi) is 6.86. The van der Waals surface area contributed by atoms with Crippen LogP contribution in [0, 0.1) is 23.4 Å². The molecule has 1 amide bonds. The van der Waals surface area contributed by atoms with Gasteiger partial charge in [0.05, 0.1) is 11.7 Å². The molecule has 0 heterocycles. The standard InChI is InChI=1S/C12H15F3N2O.ClH/c1-3-6(2)11(16)12(18)17-10-5-8(14)7(13)4-9(10)15;/h4-6,11H,3,16H2,1-2H3,(H,17,18);1H. The lowest BCUT2D eigenvalue weighted by Crippen LogP contribution is -2.40. The van der Waals surface area contributed by atoms with Crippen LogP contribution < -0.4 is 11.1 Å². The number of halogens is 4. The summed E-state index contributed by atoms with van der Waals surface area (Å²) >= 11 is 0. The highest BCUT2D eigenvalue weighted by Crippen LogP contribution is 2.19. The third-order valence-corrected chi connectivity index (χ3v) is 2.83. The Morgan fingerprint density at radius 2 is 1.79 bits per heavy atom. The highest BCUT2D eigenvalue weighted by atomic mass is 35.5. The molecule has 2 unspecified atom stereocenters. The molecule has 0 aliphatic rings. The van der Waals surface area contributed by atoms with Crippen LogP contribution in [0.25, 0.3) is 0 Å². The minimum atomic E-state index is -1.31. The van der Waals surface area contributed by atoms with E-state index < -0.39 is 35.1 Å². The zero-order valence-electron chi connectivity index (χ0n) is 10.5. The molecule has 2 atom stereocenters. The van der Waals surface area contributed by atoms with Crippen LogP contribution in [0.15, 0.2) is 12.1 Å². The van der Waals surface area contributed by atoms with E-state index in [4.69, 9.17) is 5.73 Å². The van der Waals surface area contributed by atoms with Crippen molar-refractivity contribution in [2.45, 2.75) is 26.3 Å². The minimum Gasteiger partial charge on any atom is -0.322 e. The molecule has 0 saturated carbocycles. The predicted octanol–water partition coefficient (Wildman–Crippen LogP) is 2.84. The van der Waals surface area contributed by atoms with Crippen LogP contribution in [0.5, 0.6) is 0 Å². The Hall–Kier alpha value is -1.27. The molecule has 19 heavy (non-hydrogen) atoms. The highest BCUT2D eigenvalue weighted by molar-refractivity contribution is 5.94. The van der Waals surface area contributed by atoms with Crippen molar-refractivity contribution < 1.29 is 18.0 Å². The van der Waals surface area contributed by atoms with E-state index in [1.54, 1.807) is 6.92 Å². The van der Waals surface area contributed by atoms with E-state index in [0.717, 1.165) is 0 Å². The molecule has 0 spiro atoms. The average molecular weight is 297 g/mol. The first-order chi connectivity index (χ1) is 8.36. The molecule has 3 nitrogen and oxygen atoms in total. The Morgan fingerprint density at radius 3 is 2.32 bits per heavy atom. The summed E-state index contributed by atoms with van der Waals surface area (Å²) in [6, 6.07) is 0.133. The predicted molar refractivity (Wildman–Crippen MR) is 69.6 cm³/mol. The molecule has 0 fully saturated rings. The molecule has 0 aromatic heterocycles. The Labute approximate surface area is 115 Å². The van der Waals surface area contributed by atoms with Gasteiger partial charge in [-0.25, -0.2) is 13.2 Å². The van der Waals surface area contributed by atoms with Gasteiger partial charge in [-0.1, -0.05) is 20.3 Å². The van der Waals surface area contributed by atoms with E-state index in [-0.39, 0.29) is 18.3 Å². The molecule has 0 radical (unpaired) electrons. The maximum Gasteiger partial charge on any atom is 0.241 e. The fraction of sp³-hybridized carbons (Fsp3) is 0.417. The fourth-order valence-electron chi connectivity index (χ4n) is 1.35. The number of amides is 1. The summed E-state index contributed by atoms with van der Waals surface area (Å²) in [6.07, 6.45) is 0.675. The van der Waals surface area contributed by atoms with Crippen LogP contribution >= 0.6 is 12.4 Å². The summed E-state index contributed by atoms with van der Waals surface area (Å²) in [6.45, 7) is 3.63. The molecule has 0 saturated heterocycles. The molecule has 0 aliphatic heterocycles. The number of hydrogen-bond acceptors (Lipinski definition) is 2. The van der Waals surface area contributed by atoms with Crippen molar-refractivity contribution in [2.24, 2.45) is 11.7 Å². The SMILES string of the molecule is CCC(C)C(N)C(=O)Nc1cc(F)c(F)cc1F.Cl. The van der Waals surface area contributed by atoms with Gasteiger partial charge >= 0.3 is 0 Å². The van der Waals surface area contributed by atoms with Crippen LogP contribution in [-0.4, -0.2) is 11.9 Å². The highest BCUT2D eigenvalue weighted by Gasteiger charge is 2.21. The summed E-state index contributed by atoms with van der Waals surface area (Å²) < 4.78 is 38.9. The van der Waals surface area contributed by atoms with Crippen molar-refractivity contribution in [3.8, 4) is 0 Å². The van der Waals surface area contributed by atoms with Gasteiger partial charge < -0.3 is 11.1 Å². The number of nitrogens with two attached hydrogens (primary N) is 1. The molecule has 1 aromatic carbocycles. The lowest BCUT2D eigenvalue weighted by molar-refractivity contribution is -0.118. The molecule has 3 N–H and O–H groups in total. The van der Waals surface area contributed by atoms with Crippen LogP contribution in [0.4, 0.5) is 18.9 Å². The zero-order valence-corrected chi connectivity index (χ0v) is 11.4. The van der Waals surface area contributed by atoms with Gasteiger partial charge in [0, 0.05) is 12.1 Å². The van der Waals surface area contributed by atoms with Gasteiger partial charge in [0.25, 0.3) is 0 Å². The maximum atomic E-state index is 13.3. The summed E-state index contributed by atoms with van der Waals surface area (Å²) in [5, 5.41) is 2.15. The van der Waals surface area contributed by atoms with Gasteiger partial charge in [-0.05, 0) is 5.92 Å². The van der Waals surface area contributed by atoms with E-state index in [0.29, 0.717) is 18.6 Å². The van der Waals surface area contributed by atoms with Gasteiger partial charge in [0.1, 0.15) is 5.82 Å². The van der Waals surface area contributed by atoms with Crippen LogP contribution in [0.2, 0.25) is 0 Å². The molecule has 108 valence electrons. The van der Waals surface area contributed by atoms with Crippen LogP contribution in [0.3, 0.4) is 0 Å². The monoisotopic (exact) mass is 296 g/mol. The van der Waals surface area contributed by atoms with Gasteiger partial charge in [-0.2, -0.15) is 0 Å². The first-order valence-corrected chi connectivity index (χ1v) is 5.57. The fourth-order valence-corrected chi connectivity index (χ4v) is 1.35. The third-order valence-electron chi connectivity index (χ3n) is 2.83. The quantitative estimate of drug-likeness (QED) is 0.840. The Balaban J connectivity index is 0.00000324. The van der Waals surface area contributed by atoms with Crippen molar-refractivity contribution in [3.63, 3.8) is 0 Å². The summed E-state index contributed by atoms with van der Waals surface area (Å²) in [5.74, 6) is -4.31. The smallest absolute Gasteiger partial charge is 0.241 e. The Morgan fingerprint density at radius 1 is 1.26 bits per heavy atom. The lowest BCUT2D eigenvalue weighted by atomic mass is 9.99.